The highest BCUT2D eigenvalue weighted by Crippen LogP contribution is 2.24. The van der Waals surface area contributed by atoms with Crippen molar-refractivity contribution in [2.75, 3.05) is 31.1 Å². The summed E-state index contributed by atoms with van der Waals surface area (Å²) in [5, 5.41) is 5.62. The van der Waals surface area contributed by atoms with Gasteiger partial charge in [0.05, 0.1) is 22.3 Å². The minimum absolute atomic E-state index is 0.140. The third kappa shape index (κ3) is 3.77. The zero-order valence-corrected chi connectivity index (χ0v) is 18.5. The third-order valence-electron chi connectivity index (χ3n) is 5.09. The molecule has 8 nitrogen and oxygen atoms in total. The van der Waals surface area contributed by atoms with E-state index in [1.54, 1.807) is 34.0 Å². The first-order valence-corrected chi connectivity index (χ1v) is 10.4. The molecule has 2 aromatic heterocycles. The van der Waals surface area contributed by atoms with Crippen LogP contribution in [0.5, 0.6) is 0 Å². The van der Waals surface area contributed by atoms with Crippen LogP contribution in [0.3, 0.4) is 0 Å². The zero-order chi connectivity index (χ0) is 21.6. The second-order valence-electron chi connectivity index (χ2n) is 8.26. The predicted octanol–water partition coefficient (Wildman–Crippen LogP) is 3.14. The van der Waals surface area contributed by atoms with E-state index in [0.29, 0.717) is 58.8 Å². The molecule has 0 aliphatic carbocycles. The minimum atomic E-state index is -0.303. The van der Waals surface area contributed by atoms with Gasteiger partial charge in [-0.25, -0.2) is 4.68 Å². The molecule has 10 heteroatoms. The highest BCUT2D eigenvalue weighted by atomic mass is 35.5. The maximum Gasteiger partial charge on any atom is 0.263 e. The number of aromatic amines is 1. The third-order valence-corrected chi connectivity index (χ3v) is 5.64. The number of carbonyl (C=O) groups excluding carboxylic acids is 1. The lowest BCUT2D eigenvalue weighted by molar-refractivity contribution is 0.0746. The van der Waals surface area contributed by atoms with Crippen LogP contribution in [0.15, 0.2) is 29.2 Å². The van der Waals surface area contributed by atoms with Crippen LogP contribution in [0.25, 0.3) is 11.0 Å². The van der Waals surface area contributed by atoms with Gasteiger partial charge in [0.1, 0.15) is 5.39 Å². The molecule has 1 aromatic carbocycles. The molecule has 1 saturated heterocycles. The molecule has 0 spiro atoms. The Bertz CT molecular complexity index is 1170. The summed E-state index contributed by atoms with van der Waals surface area (Å²) in [6, 6.07) is 4.86. The summed E-state index contributed by atoms with van der Waals surface area (Å²) >= 11 is 12.1. The summed E-state index contributed by atoms with van der Waals surface area (Å²) in [5.74, 6) is 0.342. The van der Waals surface area contributed by atoms with Gasteiger partial charge in [0.2, 0.25) is 5.95 Å². The van der Waals surface area contributed by atoms with E-state index >= 15 is 0 Å². The van der Waals surface area contributed by atoms with Crippen LogP contribution in [-0.4, -0.2) is 56.7 Å². The largest absolute Gasteiger partial charge is 0.339 e. The van der Waals surface area contributed by atoms with E-state index in [1.807, 2.05) is 25.7 Å². The second kappa shape index (κ2) is 7.59. The lowest BCUT2D eigenvalue weighted by Gasteiger charge is -2.35. The lowest BCUT2D eigenvalue weighted by atomic mass is 10.1. The predicted molar refractivity (Wildman–Crippen MR) is 118 cm³/mol. The molecule has 0 saturated carbocycles. The van der Waals surface area contributed by atoms with Crippen molar-refractivity contribution in [3.05, 3.63) is 50.4 Å². The van der Waals surface area contributed by atoms with Gasteiger partial charge in [-0.05, 0) is 39.0 Å². The monoisotopic (exact) mass is 448 g/mol. The Hall–Kier alpha value is -2.58. The van der Waals surface area contributed by atoms with Gasteiger partial charge < -0.3 is 9.80 Å². The number of nitrogens with zero attached hydrogens (tertiary/aromatic N) is 5. The summed E-state index contributed by atoms with van der Waals surface area (Å²) in [4.78, 5) is 36.6. The van der Waals surface area contributed by atoms with Gasteiger partial charge in [0.25, 0.3) is 11.5 Å². The molecule has 3 heterocycles. The smallest absolute Gasteiger partial charge is 0.263 e. The van der Waals surface area contributed by atoms with Gasteiger partial charge in [-0.1, -0.05) is 23.2 Å². The van der Waals surface area contributed by atoms with Gasteiger partial charge in [0, 0.05) is 31.2 Å². The molecule has 158 valence electrons. The molecule has 30 heavy (non-hydrogen) atoms. The van der Waals surface area contributed by atoms with Crippen LogP contribution < -0.4 is 10.5 Å². The fourth-order valence-electron chi connectivity index (χ4n) is 3.50. The van der Waals surface area contributed by atoms with E-state index in [4.69, 9.17) is 23.2 Å². The number of H-pyrrole nitrogens is 1. The van der Waals surface area contributed by atoms with Crippen molar-refractivity contribution in [1.29, 1.82) is 0 Å². The Balaban J connectivity index is 1.55. The molecule has 0 atom stereocenters. The summed E-state index contributed by atoms with van der Waals surface area (Å²) in [6.45, 7) is 8.07. The molecule has 1 fully saturated rings. The van der Waals surface area contributed by atoms with Crippen molar-refractivity contribution in [2.24, 2.45) is 0 Å². The Morgan fingerprint density at radius 2 is 1.83 bits per heavy atom. The maximum atomic E-state index is 12.8. The fourth-order valence-corrected chi connectivity index (χ4v) is 3.99. The topological polar surface area (TPSA) is 87.1 Å². The fraction of sp³-hybridized carbons (Fsp3) is 0.400. The number of benzene rings is 1. The van der Waals surface area contributed by atoms with Gasteiger partial charge >= 0.3 is 0 Å². The van der Waals surface area contributed by atoms with E-state index in [0.717, 1.165) is 0 Å². The van der Waals surface area contributed by atoms with Crippen molar-refractivity contribution in [3.63, 3.8) is 0 Å². The number of hydrogen-bond donors (Lipinski definition) is 1. The number of amides is 1. The first-order valence-electron chi connectivity index (χ1n) is 9.63. The van der Waals surface area contributed by atoms with Crippen LogP contribution in [0.4, 0.5) is 5.95 Å². The molecule has 1 amide bonds. The molecule has 1 N–H and O–H groups in total. The second-order valence-corrected chi connectivity index (χ2v) is 9.10. The summed E-state index contributed by atoms with van der Waals surface area (Å²) in [6.07, 6.45) is 1.54. The Morgan fingerprint density at radius 1 is 1.13 bits per heavy atom. The number of aromatic nitrogens is 4. The maximum absolute atomic E-state index is 12.8. The van der Waals surface area contributed by atoms with Gasteiger partial charge in [-0.2, -0.15) is 10.1 Å². The van der Waals surface area contributed by atoms with Gasteiger partial charge in [0.15, 0.2) is 5.65 Å². The summed E-state index contributed by atoms with van der Waals surface area (Å²) in [5.41, 5.74) is 0.448. The van der Waals surface area contributed by atoms with Crippen molar-refractivity contribution in [1.82, 2.24) is 24.6 Å². The van der Waals surface area contributed by atoms with Crippen LogP contribution >= 0.6 is 23.2 Å². The molecule has 0 unspecified atom stereocenters. The Labute approximate surface area is 183 Å². The normalized spacial score (nSPS) is 15.1. The van der Waals surface area contributed by atoms with Crippen LogP contribution in [0.1, 0.15) is 31.1 Å². The number of rotatable bonds is 2. The Kier molecular flexibility index (Phi) is 5.23. The average molecular weight is 449 g/mol. The van der Waals surface area contributed by atoms with E-state index < -0.39 is 0 Å². The molecule has 0 radical (unpaired) electrons. The molecular formula is C20H22Cl2N6O2. The van der Waals surface area contributed by atoms with Crippen LogP contribution in [0.2, 0.25) is 10.0 Å². The molecule has 0 bridgehead atoms. The molecule has 1 aliphatic heterocycles. The molecule has 1 aliphatic rings. The number of anilines is 1. The van der Waals surface area contributed by atoms with Crippen molar-refractivity contribution < 1.29 is 4.79 Å². The number of nitrogens with one attached hydrogen (secondary N) is 1. The zero-order valence-electron chi connectivity index (χ0n) is 16.9. The van der Waals surface area contributed by atoms with Crippen molar-refractivity contribution in [3.8, 4) is 0 Å². The molecule has 4 rings (SSSR count). The SMILES string of the molecule is CC(C)(C)n1ncc2c(=O)[nH]c(N3CCN(C(=O)c4ccc(Cl)cc4Cl)CC3)nc21. The van der Waals surface area contributed by atoms with Crippen molar-refractivity contribution in [2.45, 2.75) is 26.3 Å². The van der Waals surface area contributed by atoms with E-state index in [1.165, 1.54) is 0 Å². The minimum Gasteiger partial charge on any atom is -0.339 e. The molecule has 3 aromatic rings. The van der Waals surface area contributed by atoms with Crippen LogP contribution in [-0.2, 0) is 5.54 Å². The van der Waals surface area contributed by atoms with E-state index in [-0.39, 0.29) is 17.0 Å². The van der Waals surface area contributed by atoms with E-state index in [2.05, 4.69) is 15.1 Å². The van der Waals surface area contributed by atoms with E-state index in [9.17, 15) is 9.59 Å². The first kappa shape index (κ1) is 20.7. The summed E-state index contributed by atoms with van der Waals surface area (Å²) in [7, 11) is 0. The van der Waals surface area contributed by atoms with Crippen molar-refractivity contribution >= 4 is 46.1 Å². The number of fused-ring (bicyclic) bond motifs is 1. The standard InChI is InChI=1S/C20H22Cl2N6O2/c1-20(2,3)28-16-14(11-23-28)17(29)25-19(24-16)27-8-6-26(7-9-27)18(30)13-5-4-12(21)10-15(13)22/h4-5,10-11H,6-9H2,1-3H3,(H,24,25,29). The van der Waals surface area contributed by atoms with Gasteiger partial charge in [-0.15, -0.1) is 0 Å². The number of hydrogen-bond acceptors (Lipinski definition) is 5. The van der Waals surface area contributed by atoms with Gasteiger partial charge in [-0.3, -0.25) is 14.6 Å². The Morgan fingerprint density at radius 3 is 2.47 bits per heavy atom. The highest BCUT2D eigenvalue weighted by molar-refractivity contribution is 6.36. The average Bonchev–Trinajstić information content (AvgIpc) is 3.13. The lowest BCUT2D eigenvalue weighted by Crippen LogP contribution is -2.49. The highest BCUT2D eigenvalue weighted by Gasteiger charge is 2.26. The molecular weight excluding hydrogens is 427 g/mol. The number of carbonyl (C=O) groups is 1. The summed E-state index contributed by atoms with van der Waals surface area (Å²) < 4.78 is 1.75. The number of piperazine rings is 1. The quantitative estimate of drug-likeness (QED) is 0.650. The number of halogens is 2. The first-order chi connectivity index (χ1) is 14.1. The van der Waals surface area contributed by atoms with Crippen LogP contribution in [0, 0.1) is 0 Å².